The number of ether oxygens (including phenoxy) is 1. The molecular weight excluding hydrogens is 370 g/mol. The van der Waals surface area contributed by atoms with Crippen LogP contribution < -0.4 is 0 Å². The van der Waals surface area contributed by atoms with Crippen LogP contribution in [0.1, 0.15) is 45.3 Å². The van der Waals surface area contributed by atoms with Gasteiger partial charge in [0, 0.05) is 16.6 Å². The molecule has 0 radical (unpaired) electrons. The Bertz CT molecular complexity index is 719. The molecule has 1 N–H and O–H groups in total. The zero-order valence-corrected chi connectivity index (χ0v) is 15.8. The SMILES string of the molecule is CC(C)(C)OC(=O)N1CCC[C@@H]1c1cc(-c2ccc(Br)cc2)n[nH]1. The molecule has 0 aliphatic carbocycles. The van der Waals surface area contributed by atoms with Crippen molar-refractivity contribution in [2.45, 2.75) is 45.3 Å². The highest BCUT2D eigenvalue weighted by Crippen LogP contribution is 2.33. The molecule has 5 nitrogen and oxygen atoms in total. The molecule has 0 unspecified atom stereocenters. The summed E-state index contributed by atoms with van der Waals surface area (Å²) in [6, 6.07) is 10.0. The zero-order chi connectivity index (χ0) is 17.3. The average Bonchev–Trinajstić information content (AvgIpc) is 3.15. The minimum absolute atomic E-state index is 0.00320. The summed E-state index contributed by atoms with van der Waals surface area (Å²) in [4.78, 5) is 14.2. The molecule has 1 aromatic heterocycles. The van der Waals surface area contributed by atoms with Gasteiger partial charge in [-0.25, -0.2) is 4.79 Å². The van der Waals surface area contributed by atoms with Gasteiger partial charge in [0.25, 0.3) is 0 Å². The number of hydrogen-bond acceptors (Lipinski definition) is 3. The van der Waals surface area contributed by atoms with Crippen molar-refractivity contribution in [2.75, 3.05) is 6.54 Å². The highest BCUT2D eigenvalue weighted by atomic mass is 79.9. The molecular formula is C18H22BrN3O2. The second-order valence-electron chi connectivity index (χ2n) is 7.05. The monoisotopic (exact) mass is 391 g/mol. The summed E-state index contributed by atoms with van der Waals surface area (Å²) in [5, 5.41) is 7.51. The third-order valence-electron chi connectivity index (χ3n) is 3.98. The number of hydrogen-bond donors (Lipinski definition) is 1. The van der Waals surface area contributed by atoms with E-state index in [-0.39, 0.29) is 12.1 Å². The van der Waals surface area contributed by atoms with E-state index in [1.807, 2.05) is 51.1 Å². The van der Waals surface area contributed by atoms with Gasteiger partial charge in [0.05, 0.1) is 17.4 Å². The van der Waals surface area contributed by atoms with Crippen molar-refractivity contribution in [3.63, 3.8) is 0 Å². The Balaban J connectivity index is 1.78. The molecule has 1 aromatic carbocycles. The van der Waals surface area contributed by atoms with Gasteiger partial charge in [-0.2, -0.15) is 5.10 Å². The second kappa shape index (κ2) is 6.59. The molecule has 0 bridgehead atoms. The van der Waals surface area contributed by atoms with Gasteiger partial charge in [-0.3, -0.25) is 10.00 Å². The number of halogens is 1. The Morgan fingerprint density at radius 1 is 1.33 bits per heavy atom. The minimum Gasteiger partial charge on any atom is -0.444 e. The van der Waals surface area contributed by atoms with Crippen LogP contribution in [0.15, 0.2) is 34.8 Å². The first-order valence-corrected chi connectivity index (χ1v) is 8.94. The third-order valence-corrected chi connectivity index (χ3v) is 4.51. The van der Waals surface area contributed by atoms with E-state index >= 15 is 0 Å². The number of aromatic amines is 1. The molecule has 128 valence electrons. The zero-order valence-electron chi connectivity index (χ0n) is 14.2. The van der Waals surface area contributed by atoms with Gasteiger partial charge in [0.15, 0.2) is 0 Å². The Hall–Kier alpha value is -1.82. The quantitative estimate of drug-likeness (QED) is 0.790. The van der Waals surface area contributed by atoms with Crippen LogP contribution in [0.4, 0.5) is 4.79 Å². The summed E-state index contributed by atoms with van der Waals surface area (Å²) < 4.78 is 6.56. The fraction of sp³-hybridized carbons (Fsp3) is 0.444. The molecule has 2 heterocycles. The second-order valence-corrected chi connectivity index (χ2v) is 7.96. The molecule has 6 heteroatoms. The minimum atomic E-state index is -0.485. The van der Waals surface area contributed by atoms with E-state index in [0.717, 1.165) is 34.3 Å². The maximum atomic E-state index is 12.4. The number of H-pyrrole nitrogens is 1. The lowest BCUT2D eigenvalue weighted by atomic mass is 10.1. The van der Waals surface area contributed by atoms with E-state index in [1.54, 1.807) is 4.90 Å². The summed E-state index contributed by atoms with van der Waals surface area (Å²) >= 11 is 3.44. The summed E-state index contributed by atoms with van der Waals surface area (Å²) in [6.07, 6.45) is 1.63. The van der Waals surface area contributed by atoms with Crippen LogP contribution in [0.25, 0.3) is 11.3 Å². The third kappa shape index (κ3) is 3.80. The molecule has 1 amide bonds. The Morgan fingerprint density at radius 2 is 2.04 bits per heavy atom. The lowest BCUT2D eigenvalue weighted by molar-refractivity contribution is 0.0221. The average molecular weight is 392 g/mol. The summed E-state index contributed by atoms with van der Waals surface area (Å²) in [6.45, 7) is 6.37. The van der Waals surface area contributed by atoms with Crippen LogP contribution in [0, 0.1) is 0 Å². The smallest absolute Gasteiger partial charge is 0.410 e. The van der Waals surface area contributed by atoms with Crippen molar-refractivity contribution in [2.24, 2.45) is 0 Å². The number of aromatic nitrogens is 2. The largest absolute Gasteiger partial charge is 0.444 e. The van der Waals surface area contributed by atoms with Crippen molar-refractivity contribution in [1.29, 1.82) is 0 Å². The van der Waals surface area contributed by atoms with E-state index in [9.17, 15) is 4.79 Å². The van der Waals surface area contributed by atoms with Crippen molar-refractivity contribution < 1.29 is 9.53 Å². The highest BCUT2D eigenvalue weighted by molar-refractivity contribution is 9.10. The fourth-order valence-corrected chi connectivity index (χ4v) is 3.17. The Morgan fingerprint density at radius 3 is 2.71 bits per heavy atom. The maximum Gasteiger partial charge on any atom is 0.410 e. The molecule has 1 fully saturated rings. The lowest BCUT2D eigenvalue weighted by Crippen LogP contribution is -2.36. The first-order chi connectivity index (χ1) is 11.3. The number of carbonyl (C=O) groups is 1. The van der Waals surface area contributed by atoms with Gasteiger partial charge < -0.3 is 4.74 Å². The van der Waals surface area contributed by atoms with Crippen molar-refractivity contribution in [3.05, 3.63) is 40.5 Å². The first-order valence-electron chi connectivity index (χ1n) is 8.14. The molecule has 1 atom stereocenters. The summed E-state index contributed by atoms with van der Waals surface area (Å²) in [5.41, 5.74) is 2.40. The first kappa shape index (κ1) is 17.0. The van der Waals surface area contributed by atoms with E-state index < -0.39 is 5.60 Å². The van der Waals surface area contributed by atoms with Crippen LogP contribution in [-0.4, -0.2) is 33.3 Å². The predicted octanol–water partition coefficient (Wildman–Crippen LogP) is 4.91. The van der Waals surface area contributed by atoms with E-state index in [0.29, 0.717) is 6.54 Å². The van der Waals surface area contributed by atoms with Crippen molar-refractivity contribution in [1.82, 2.24) is 15.1 Å². The molecule has 2 aromatic rings. The molecule has 24 heavy (non-hydrogen) atoms. The van der Waals surface area contributed by atoms with Crippen molar-refractivity contribution in [3.8, 4) is 11.3 Å². The number of likely N-dealkylation sites (tertiary alicyclic amines) is 1. The molecule has 1 aliphatic rings. The van der Waals surface area contributed by atoms with E-state index in [1.165, 1.54) is 0 Å². The van der Waals surface area contributed by atoms with E-state index in [2.05, 4.69) is 26.1 Å². The number of nitrogens with one attached hydrogen (secondary N) is 1. The molecule has 1 aliphatic heterocycles. The number of rotatable bonds is 2. The van der Waals surface area contributed by atoms with Crippen molar-refractivity contribution >= 4 is 22.0 Å². The van der Waals surface area contributed by atoms with Gasteiger partial charge >= 0.3 is 6.09 Å². The van der Waals surface area contributed by atoms with Crippen LogP contribution in [0.5, 0.6) is 0 Å². The van der Waals surface area contributed by atoms with Gasteiger partial charge in [-0.1, -0.05) is 28.1 Å². The lowest BCUT2D eigenvalue weighted by Gasteiger charge is -2.28. The number of benzene rings is 1. The van der Waals surface area contributed by atoms with Crippen LogP contribution in [0.2, 0.25) is 0 Å². The topological polar surface area (TPSA) is 58.2 Å². The number of carbonyl (C=O) groups excluding carboxylic acids is 1. The summed E-state index contributed by atoms with van der Waals surface area (Å²) in [7, 11) is 0. The normalized spacial score (nSPS) is 18.0. The van der Waals surface area contributed by atoms with Crippen LogP contribution in [0.3, 0.4) is 0 Å². The number of nitrogens with zero attached hydrogens (tertiary/aromatic N) is 2. The van der Waals surface area contributed by atoms with Gasteiger partial charge in [0.1, 0.15) is 5.60 Å². The highest BCUT2D eigenvalue weighted by Gasteiger charge is 2.34. The van der Waals surface area contributed by atoms with Gasteiger partial charge in [-0.05, 0) is 51.8 Å². The van der Waals surface area contributed by atoms with E-state index in [4.69, 9.17) is 4.74 Å². The maximum absolute atomic E-state index is 12.4. The molecule has 0 spiro atoms. The van der Waals surface area contributed by atoms with Crippen LogP contribution >= 0.6 is 15.9 Å². The predicted molar refractivity (Wildman–Crippen MR) is 96.6 cm³/mol. The van der Waals surface area contributed by atoms with Gasteiger partial charge in [-0.15, -0.1) is 0 Å². The standard InChI is InChI=1S/C18H22BrN3O2/c1-18(2,3)24-17(23)22-10-4-5-16(22)15-11-14(20-21-15)12-6-8-13(19)9-7-12/h6-9,11,16H,4-5,10H2,1-3H3,(H,20,21)/t16-/m1/s1. The fourth-order valence-electron chi connectivity index (χ4n) is 2.90. The van der Waals surface area contributed by atoms with Gasteiger partial charge in [0.2, 0.25) is 0 Å². The van der Waals surface area contributed by atoms with Crippen LogP contribution in [-0.2, 0) is 4.74 Å². The molecule has 3 rings (SSSR count). The molecule has 1 saturated heterocycles. The summed E-state index contributed by atoms with van der Waals surface area (Å²) in [5.74, 6) is 0. The Labute approximate surface area is 150 Å². The molecule has 0 saturated carbocycles. The number of amides is 1. The Kier molecular flexibility index (Phi) is 4.67.